The van der Waals surface area contributed by atoms with Crippen LogP contribution in [0.2, 0.25) is 0 Å². The Morgan fingerprint density at radius 2 is 1.86 bits per heavy atom. The second-order valence-electron chi connectivity index (χ2n) is 3.26. The van der Waals surface area contributed by atoms with Crippen molar-refractivity contribution in [3.05, 3.63) is 40.2 Å². The third-order valence-corrected chi connectivity index (χ3v) is 3.07. The van der Waals surface area contributed by atoms with E-state index in [1.165, 1.54) is 0 Å². The normalized spacial score (nSPS) is 13.6. The molecule has 0 fully saturated rings. The van der Waals surface area contributed by atoms with Crippen molar-refractivity contribution in [2.75, 3.05) is 0 Å². The Morgan fingerprint density at radius 1 is 1.21 bits per heavy atom. The molecule has 74 valence electrons. The van der Waals surface area contributed by atoms with E-state index in [2.05, 4.69) is 32.0 Å². The highest BCUT2D eigenvalue weighted by Crippen LogP contribution is 2.11. The molecule has 0 aliphatic rings. The fourth-order valence-electron chi connectivity index (χ4n) is 1.07. The van der Waals surface area contributed by atoms with Crippen LogP contribution in [0.15, 0.2) is 25.3 Å². The number of aromatic nitrogens is 1. The number of rotatable bonds is 3. The third kappa shape index (κ3) is 2.42. The van der Waals surface area contributed by atoms with Gasteiger partial charge in [0.2, 0.25) is 0 Å². The molecule has 0 amide bonds. The van der Waals surface area contributed by atoms with Crippen LogP contribution >= 0.6 is 11.3 Å². The standard InChI is InChI=1S/C12H15NS/c1-5-7-10-11(8-6-2)14-12(13-10)9(3)4/h5-9H,1-2H2,3-4H3/b10-7+,11-8+. The molecular weight excluding hydrogens is 190 g/mol. The molecule has 0 unspecified atom stereocenters. The van der Waals surface area contributed by atoms with Crippen molar-refractivity contribution in [3.8, 4) is 0 Å². The molecule has 1 aromatic heterocycles. The molecule has 0 aliphatic carbocycles. The van der Waals surface area contributed by atoms with Gasteiger partial charge < -0.3 is 0 Å². The Hall–Kier alpha value is -1.15. The Kier molecular flexibility index (Phi) is 3.84. The van der Waals surface area contributed by atoms with E-state index in [0.717, 1.165) is 14.9 Å². The van der Waals surface area contributed by atoms with E-state index in [0.29, 0.717) is 5.92 Å². The first-order valence-electron chi connectivity index (χ1n) is 4.61. The summed E-state index contributed by atoms with van der Waals surface area (Å²) in [5.41, 5.74) is 0. The summed E-state index contributed by atoms with van der Waals surface area (Å²) in [6.07, 6.45) is 7.47. The van der Waals surface area contributed by atoms with Gasteiger partial charge >= 0.3 is 0 Å². The van der Waals surface area contributed by atoms with Crippen LogP contribution in [0, 0.1) is 0 Å². The van der Waals surface area contributed by atoms with Crippen molar-refractivity contribution < 1.29 is 0 Å². The summed E-state index contributed by atoms with van der Waals surface area (Å²) in [4.78, 5) is 4.53. The molecule has 0 saturated heterocycles. The van der Waals surface area contributed by atoms with Crippen LogP contribution < -0.4 is 9.88 Å². The first-order chi connectivity index (χ1) is 6.69. The van der Waals surface area contributed by atoms with E-state index in [9.17, 15) is 0 Å². The molecule has 1 heterocycles. The minimum absolute atomic E-state index is 0.476. The molecule has 0 bridgehead atoms. The van der Waals surface area contributed by atoms with E-state index in [-0.39, 0.29) is 0 Å². The summed E-state index contributed by atoms with van der Waals surface area (Å²) >= 11 is 1.72. The lowest BCUT2D eigenvalue weighted by Crippen LogP contribution is -2.19. The SMILES string of the molecule is C=C/C=c1/nc(C(C)C)s/c1=C/C=C. The number of nitrogens with zero attached hydrogens (tertiary/aromatic N) is 1. The molecule has 14 heavy (non-hydrogen) atoms. The van der Waals surface area contributed by atoms with Crippen molar-refractivity contribution >= 4 is 23.5 Å². The molecule has 1 aromatic rings. The predicted molar refractivity (Wildman–Crippen MR) is 64.8 cm³/mol. The maximum Gasteiger partial charge on any atom is 0.0963 e. The Labute approximate surface area is 88.8 Å². The monoisotopic (exact) mass is 205 g/mol. The van der Waals surface area contributed by atoms with Gasteiger partial charge in [-0.3, -0.25) is 0 Å². The predicted octanol–water partition coefficient (Wildman–Crippen LogP) is 2.20. The highest BCUT2D eigenvalue weighted by atomic mass is 32.1. The molecule has 1 nitrogen and oxygen atoms in total. The molecule has 1 rings (SSSR count). The summed E-state index contributed by atoms with van der Waals surface area (Å²) in [6.45, 7) is 11.7. The fraction of sp³-hybridized carbons (Fsp3) is 0.250. The minimum Gasteiger partial charge on any atom is -0.241 e. The molecule has 0 radical (unpaired) electrons. The summed E-state index contributed by atoms with van der Waals surface area (Å²) < 4.78 is 1.16. The van der Waals surface area contributed by atoms with Gasteiger partial charge in [0, 0.05) is 5.92 Å². The van der Waals surface area contributed by atoms with Gasteiger partial charge in [-0.15, -0.1) is 11.3 Å². The van der Waals surface area contributed by atoms with E-state index < -0.39 is 0 Å². The van der Waals surface area contributed by atoms with Crippen molar-refractivity contribution in [2.24, 2.45) is 0 Å². The Bertz CT molecular complexity index is 400. The van der Waals surface area contributed by atoms with E-state index in [4.69, 9.17) is 0 Å². The molecule has 0 N–H and O–H groups in total. The highest BCUT2D eigenvalue weighted by molar-refractivity contribution is 7.09. The topological polar surface area (TPSA) is 12.9 Å². The zero-order valence-corrected chi connectivity index (χ0v) is 9.47. The molecule has 0 aliphatic heterocycles. The molecule has 0 aromatic carbocycles. The molecule has 0 saturated carbocycles. The van der Waals surface area contributed by atoms with Crippen LogP contribution in [0.5, 0.6) is 0 Å². The van der Waals surface area contributed by atoms with Gasteiger partial charge in [-0.1, -0.05) is 39.2 Å². The molecule has 0 spiro atoms. The van der Waals surface area contributed by atoms with Gasteiger partial charge in [-0.05, 0) is 12.2 Å². The smallest absolute Gasteiger partial charge is 0.0963 e. The van der Waals surface area contributed by atoms with E-state index in [1.807, 2.05) is 12.2 Å². The van der Waals surface area contributed by atoms with Crippen molar-refractivity contribution in [2.45, 2.75) is 19.8 Å². The fourth-order valence-corrected chi connectivity index (χ4v) is 2.05. The second-order valence-corrected chi connectivity index (χ2v) is 4.32. The lowest BCUT2D eigenvalue weighted by molar-refractivity contribution is 0.848. The van der Waals surface area contributed by atoms with Gasteiger partial charge in [0.15, 0.2) is 0 Å². The highest BCUT2D eigenvalue weighted by Gasteiger charge is 2.03. The van der Waals surface area contributed by atoms with Gasteiger partial charge in [0.05, 0.1) is 14.9 Å². The van der Waals surface area contributed by atoms with Crippen LogP contribution in [0.1, 0.15) is 24.8 Å². The second kappa shape index (κ2) is 4.91. The van der Waals surface area contributed by atoms with Gasteiger partial charge in [-0.2, -0.15) is 0 Å². The summed E-state index contributed by atoms with van der Waals surface area (Å²) in [6, 6.07) is 0. The number of hydrogen-bond donors (Lipinski definition) is 0. The van der Waals surface area contributed by atoms with Crippen LogP contribution in [-0.4, -0.2) is 4.98 Å². The summed E-state index contributed by atoms with van der Waals surface area (Å²) in [5.74, 6) is 0.476. The van der Waals surface area contributed by atoms with Crippen molar-refractivity contribution in [1.29, 1.82) is 0 Å². The number of hydrogen-bond acceptors (Lipinski definition) is 2. The minimum atomic E-state index is 0.476. The van der Waals surface area contributed by atoms with E-state index >= 15 is 0 Å². The Balaban J connectivity index is 3.41. The first-order valence-corrected chi connectivity index (χ1v) is 5.43. The zero-order valence-electron chi connectivity index (χ0n) is 8.66. The van der Waals surface area contributed by atoms with Gasteiger partial charge in [-0.25, -0.2) is 4.98 Å². The molecule has 2 heteroatoms. The van der Waals surface area contributed by atoms with E-state index in [1.54, 1.807) is 23.5 Å². The lowest BCUT2D eigenvalue weighted by Gasteiger charge is -1.94. The quantitative estimate of drug-likeness (QED) is 0.737. The zero-order chi connectivity index (χ0) is 10.6. The van der Waals surface area contributed by atoms with Gasteiger partial charge in [0.25, 0.3) is 0 Å². The lowest BCUT2D eigenvalue weighted by atomic mass is 10.2. The Morgan fingerprint density at radius 3 is 2.36 bits per heavy atom. The third-order valence-electron chi connectivity index (χ3n) is 1.74. The van der Waals surface area contributed by atoms with Crippen LogP contribution in [0.3, 0.4) is 0 Å². The number of thiazole rings is 1. The van der Waals surface area contributed by atoms with Crippen LogP contribution in [0.4, 0.5) is 0 Å². The summed E-state index contributed by atoms with van der Waals surface area (Å²) in [5, 5.41) is 2.15. The average molecular weight is 205 g/mol. The largest absolute Gasteiger partial charge is 0.241 e. The molecule has 0 atom stereocenters. The maximum absolute atomic E-state index is 4.53. The van der Waals surface area contributed by atoms with Crippen molar-refractivity contribution in [3.63, 3.8) is 0 Å². The summed E-state index contributed by atoms with van der Waals surface area (Å²) in [7, 11) is 0. The van der Waals surface area contributed by atoms with Gasteiger partial charge in [0.1, 0.15) is 0 Å². The average Bonchev–Trinajstić information content (AvgIpc) is 2.50. The van der Waals surface area contributed by atoms with Crippen molar-refractivity contribution in [1.82, 2.24) is 4.98 Å². The maximum atomic E-state index is 4.53. The number of allylic oxidation sites excluding steroid dienone is 2. The van der Waals surface area contributed by atoms with Crippen LogP contribution in [-0.2, 0) is 0 Å². The molecular formula is C12H15NS. The van der Waals surface area contributed by atoms with Crippen LogP contribution in [0.25, 0.3) is 12.2 Å². The first kappa shape index (κ1) is 10.9.